The van der Waals surface area contributed by atoms with Gasteiger partial charge in [0.15, 0.2) is 0 Å². The normalized spacial score (nSPS) is 10.4. The van der Waals surface area contributed by atoms with Crippen molar-refractivity contribution in [1.29, 1.82) is 0 Å². The molecule has 0 aromatic heterocycles. The van der Waals surface area contributed by atoms with E-state index in [1.165, 1.54) is 49.6 Å². The zero-order valence-electron chi connectivity index (χ0n) is 14.4. The summed E-state index contributed by atoms with van der Waals surface area (Å²) in [5.74, 6) is -0.219. The standard InChI is InChI=1S/C17H19N3O6/c1-24-8-9-26-19(13-4-3-5-14(11-13)20(22)23)15-10-12(17(18)21)6-7-16(15)25-2/h3-7,10-11H,8-9H2,1-2H3,(H2,18,21). The Hall–Kier alpha value is -3.17. The molecule has 9 heteroatoms. The summed E-state index contributed by atoms with van der Waals surface area (Å²) in [5.41, 5.74) is 6.25. The number of ether oxygens (including phenoxy) is 2. The fourth-order valence-electron chi connectivity index (χ4n) is 2.23. The van der Waals surface area contributed by atoms with Gasteiger partial charge in [-0.3, -0.25) is 19.7 Å². The number of nitrogens with two attached hydrogens (primary N) is 1. The monoisotopic (exact) mass is 361 g/mol. The molecule has 0 heterocycles. The van der Waals surface area contributed by atoms with Crippen LogP contribution in [0.25, 0.3) is 0 Å². The lowest BCUT2D eigenvalue weighted by molar-refractivity contribution is -0.384. The predicted molar refractivity (Wildman–Crippen MR) is 94.6 cm³/mol. The highest BCUT2D eigenvalue weighted by Gasteiger charge is 2.19. The number of carbonyl (C=O) groups excluding carboxylic acids is 1. The molecule has 0 bridgehead atoms. The molecule has 2 rings (SSSR count). The van der Waals surface area contributed by atoms with Crippen LogP contribution in [0.3, 0.4) is 0 Å². The first kappa shape index (κ1) is 19.2. The van der Waals surface area contributed by atoms with Crippen LogP contribution >= 0.6 is 0 Å². The maximum absolute atomic E-state index is 11.5. The molecule has 26 heavy (non-hydrogen) atoms. The van der Waals surface area contributed by atoms with Gasteiger partial charge in [0.1, 0.15) is 11.4 Å². The highest BCUT2D eigenvalue weighted by molar-refractivity contribution is 5.94. The molecule has 2 N–H and O–H groups in total. The molecule has 0 unspecified atom stereocenters. The molecule has 0 radical (unpaired) electrons. The molecule has 0 atom stereocenters. The topological polar surface area (TPSA) is 117 Å². The Morgan fingerprint density at radius 2 is 1.96 bits per heavy atom. The lowest BCUT2D eigenvalue weighted by atomic mass is 10.1. The second kappa shape index (κ2) is 8.79. The fraction of sp³-hybridized carbons (Fsp3) is 0.235. The van der Waals surface area contributed by atoms with E-state index < -0.39 is 10.8 Å². The SMILES string of the molecule is COCCON(c1cccc([N+](=O)[O-])c1)c1cc(C(N)=O)ccc1OC. The number of non-ortho nitro benzene ring substituents is 1. The van der Waals surface area contributed by atoms with Crippen molar-refractivity contribution in [2.24, 2.45) is 5.73 Å². The van der Waals surface area contributed by atoms with Gasteiger partial charge in [0, 0.05) is 24.8 Å². The number of methoxy groups -OCH3 is 2. The molecular weight excluding hydrogens is 342 g/mol. The van der Waals surface area contributed by atoms with Gasteiger partial charge in [-0.15, -0.1) is 0 Å². The summed E-state index contributed by atoms with van der Waals surface area (Å²) in [7, 11) is 2.99. The number of amides is 1. The second-order valence-electron chi connectivity index (χ2n) is 5.15. The van der Waals surface area contributed by atoms with Crippen LogP contribution in [0.15, 0.2) is 42.5 Å². The van der Waals surface area contributed by atoms with E-state index in [-0.39, 0.29) is 17.9 Å². The van der Waals surface area contributed by atoms with Crippen LogP contribution in [0.4, 0.5) is 17.1 Å². The molecule has 0 aliphatic carbocycles. The van der Waals surface area contributed by atoms with Crippen LogP contribution in [0.5, 0.6) is 5.75 Å². The summed E-state index contributed by atoms with van der Waals surface area (Å²) in [4.78, 5) is 27.8. The predicted octanol–water partition coefficient (Wildman–Crippen LogP) is 2.42. The largest absolute Gasteiger partial charge is 0.494 e. The van der Waals surface area contributed by atoms with Crippen molar-refractivity contribution in [2.45, 2.75) is 0 Å². The first-order valence-corrected chi connectivity index (χ1v) is 7.62. The molecule has 9 nitrogen and oxygen atoms in total. The van der Waals surface area contributed by atoms with Crippen molar-refractivity contribution in [3.05, 3.63) is 58.1 Å². The Kier molecular flexibility index (Phi) is 6.48. The Balaban J connectivity index is 2.54. The van der Waals surface area contributed by atoms with Gasteiger partial charge in [-0.05, 0) is 24.3 Å². The Morgan fingerprint density at radius 3 is 2.58 bits per heavy atom. The molecule has 0 saturated heterocycles. The van der Waals surface area contributed by atoms with Gasteiger partial charge in [0.2, 0.25) is 5.91 Å². The van der Waals surface area contributed by atoms with E-state index in [4.69, 9.17) is 20.0 Å². The molecule has 2 aromatic carbocycles. The van der Waals surface area contributed by atoms with Crippen molar-refractivity contribution >= 4 is 23.0 Å². The zero-order chi connectivity index (χ0) is 19.1. The number of hydrogen-bond donors (Lipinski definition) is 1. The second-order valence-corrected chi connectivity index (χ2v) is 5.15. The number of anilines is 2. The van der Waals surface area contributed by atoms with Crippen molar-refractivity contribution < 1.29 is 24.0 Å². The fourth-order valence-corrected chi connectivity index (χ4v) is 2.23. The van der Waals surface area contributed by atoms with Gasteiger partial charge in [0.05, 0.1) is 30.9 Å². The van der Waals surface area contributed by atoms with Crippen molar-refractivity contribution in [3.8, 4) is 5.75 Å². The third kappa shape index (κ3) is 4.47. The lowest BCUT2D eigenvalue weighted by Crippen LogP contribution is -2.22. The first-order chi connectivity index (χ1) is 12.5. The molecule has 0 spiro atoms. The summed E-state index contributed by atoms with van der Waals surface area (Å²) < 4.78 is 10.3. The van der Waals surface area contributed by atoms with Crippen LogP contribution < -0.4 is 15.5 Å². The van der Waals surface area contributed by atoms with E-state index in [1.54, 1.807) is 12.1 Å². The van der Waals surface area contributed by atoms with Crippen LogP contribution in [0.1, 0.15) is 10.4 Å². The van der Waals surface area contributed by atoms with E-state index in [1.807, 2.05) is 0 Å². The zero-order valence-corrected chi connectivity index (χ0v) is 14.4. The average Bonchev–Trinajstić information content (AvgIpc) is 2.65. The van der Waals surface area contributed by atoms with E-state index in [0.717, 1.165) is 0 Å². The number of hydrogen-bond acceptors (Lipinski definition) is 7. The molecule has 1 amide bonds. The van der Waals surface area contributed by atoms with E-state index in [2.05, 4.69) is 0 Å². The van der Waals surface area contributed by atoms with Crippen LogP contribution in [0, 0.1) is 10.1 Å². The minimum Gasteiger partial charge on any atom is -0.494 e. The van der Waals surface area contributed by atoms with Gasteiger partial charge in [0.25, 0.3) is 5.69 Å². The van der Waals surface area contributed by atoms with Gasteiger partial charge in [-0.25, -0.2) is 5.06 Å². The van der Waals surface area contributed by atoms with Gasteiger partial charge >= 0.3 is 0 Å². The van der Waals surface area contributed by atoms with E-state index in [0.29, 0.717) is 23.7 Å². The van der Waals surface area contributed by atoms with Gasteiger partial charge < -0.3 is 15.2 Å². The number of benzene rings is 2. The Bertz CT molecular complexity index is 796. The number of carbonyl (C=O) groups is 1. The van der Waals surface area contributed by atoms with Gasteiger partial charge in [-0.1, -0.05) is 6.07 Å². The van der Waals surface area contributed by atoms with Crippen molar-refractivity contribution in [2.75, 3.05) is 32.5 Å². The summed E-state index contributed by atoms with van der Waals surface area (Å²) >= 11 is 0. The number of primary amides is 1. The maximum Gasteiger partial charge on any atom is 0.271 e. The number of nitro groups is 1. The molecule has 0 fully saturated rings. The van der Waals surface area contributed by atoms with Crippen LogP contribution in [-0.4, -0.2) is 38.3 Å². The highest BCUT2D eigenvalue weighted by atomic mass is 16.7. The third-order valence-corrected chi connectivity index (χ3v) is 3.47. The number of nitro benzene ring substituents is 1. The van der Waals surface area contributed by atoms with Crippen LogP contribution in [-0.2, 0) is 9.57 Å². The van der Waals surface area contributed by atoms with E-state index >= 15 is 0 Å². The quantitative estimate of drug-likeness (QED) is 0.414. The summed E-state index contributed by atoms with van der Waals surface area (Å²) in [6, 6.07) is 10.5. The number of nitrogens with zero attached hydrogens (tertiary/aromatic N) is 2. The van der Waals surface area contributed by atoms with Crippen LogP contribution in [0.2, 0.25) is 0 Å². The minimum absolute atomic E-state index is 0.104. The lowest BCUT2D eigenvalue weighted by Gasteiger charge is -2.25. The number of rotatable bonds is 9. The highest BCUT2D eigenvalue weighted by Crippen LogP contribution is 2.36. The van der Waals surface area contributed by atoms with Crippen molar-refractivity contribution in [1.82, 2.24) is 0 Å². The summed E-state index contributed by atoms with van der Waals surface area (Å²) in [6.07, 6.45) is 0. The Morgan fingerprint density at radius 1 is 1.19 bits per heavy atom. The van der Waals surface area contributed by atoms with Gasteiger partial charge in [-0.2, -0.15) is 0 Å². The molecule has 0 aliphatic heterocycles. The minimum atomic E-state index is -0.621. The molecule has 0 saturated carbocycles. The molecule has 138 valence electrons. The first-order valence-electron chi connectivity index (χ1n) is 7.62. The summed E-state index contributed by atoms with van der Waals surface area (Å²) in [6.45, 7) is 0.465. The molecule has 0 aliphatic rings. The molecular formula is C17H19N3O6. The third-order valence-electron chi connectivity index (χ3n) is 3.47. The van der Waals surface area contributed by atoms with Crippen molar-refractivity contribution in [3.63, 3.8) is 0 Å². The maximum atomic E-state index is 11.5. The summed E-state index contributed by atoms with van der Waals surface area (Å²) in [5, 5.41) is 12.4. The molecule has 2 aromatic rings. The smallest absolute Gasteiger partial charge is 0.271 e. The average molecular weight is 361 g/mol. The van der Waals surface area contributed by atoms with E-state index in [9.17, 15) is 14.9 Å². The Labute approximate surface area is 150 Å².